The molecular formula is C17H18N2O3S. The van der Waals surface area contributed by atoms with Crippen LogP contribution in [0.1, 0.15) is 34.4 Å². The van der Waals surface area contributed by atoms with Gasteiger partial charge in [0.1, 0.15) is 18.6 Å². The summed E-state index contributed by atoms with van der Waals surface area (Å²) in [4.78, 5) is 17.6. The predicted molar refractivity (Wildman–Crippen MR) is 88.5 cm³/mol. The molecule has 3 aromatic heterocycles. The Morgan fingerprint density at radius 2 is 2.26 bits per heavy atom. The fourth-order valence-corrected chi connectivity index (χ4v) is 3.25. The standard InChI is InChI=1S/C17H18N2O3S/c1-4-19-11(2)8-14(12(19)3)17(20)22-10-13-9-21-16(18-13)15-6-5-7-23-15/h5-9H,4,10H2,1-3H3. The lowest BCUT2D eigenvalue weighted by molar-refractivity contribution is 0.0467. The summed E-state index contributed by atoms with van der Waals surface area (Å²) in [5.41, 5.74) is 3.19. The van der Waals surface area contributed by atoms with Gasteiger partial charge in [-0.2, -0.15) is 0 Å². The Morgan fingerprint density at radius 3 is 2.91 bits per heavy atom. The maximum Gasteiger partial charge on any atom is 0.340 e. The second kappa shape index (κ2) is 6.42. The highest BCUT2D eigenvalue weighted by Crippen LogP contribution is 2.24. The summed E-state index contributed by atoms with van der Waals surface area (Å²) in [5, 5.41) is 1.96. The molecule has 0 atom stereocenters. The first-order valence-electron chi connectivity index (χ1n) is 7.42. The van der Waals surface area contributed by atoms with Crippen LogP contribution in [0.25, 0.3) is 10.8 Å². The number of carbonyl (C=O) groups excluding carboxylic acids is 1. The maximum absolute atomic E-state index is 12.3. The number of aryl methyl sites for hydroxylation is 1. The van der Waals surface area contributed by atoms with E-state index < -0.39 is 0 Å². The SMILES string of the molecule is CCn1c(C)cc(C(=O)OCc2coc(-c3cccs3)n2)c1C. The van der Waals surface area contributed by atoms with Gasteiger partial charge in [-0.05, 0) is 38.3 Å². The molecule has 23 heavy (non-hydrogen) atoms. The summed E-state index contributed by atoms with van der Waals surface area (Å²) in [6, 6.07) is 5.74. The molecule has 0 aliphatic heterocycles. The molecule has 0 aromatic carbocycles. The van der Waals surface area contributed by atoms with Crippen LogP contribution in [0.2, 0.25) is 0 Å². The Balaban J connectivity index is 1.68. The number of carbonyl (C=O) groups is 1. The number of ether oxygens (including phenoxy) is 1. The highest BCUT2D eigenvalue weighted by atomic mass is 32.1. The molecule has 3 heterocycles. The zero-order valence-corrected chi connectivity index (χ0v) is 14.1. The van der Waals surface area contributed by atoms with Gasteiger partial charge in [0.15, 0.2) is 0 Å². The van der Waals surface area contributed by atoms with Crippen molar-refractivity contribution < 1.29 is 13.9 Å². The third kappa shape index (κ3) is 3.07. The Bertz CT molecular complexity index is 815. The normalized spacial score (nSPS) is 10.9. The van der Waals surface area contributed by atoms with Crippen molar-refractivity contribution in [2.75, 3.05) is 0 Å². The summed E-state index contributed by atoms with van der Waals surface area (Å²) in [6.45, 7) is 6.90. The molecule has 0 amide bonds. The van der Waals surface area contributed by atoms with Crippen LogP contribution in [0.5, 0.6) is 0 Å². The highest BCUT2D eigenvalue weighted by Gasteiger charge is 2.17. The van der Waals surface area contributed by atoms with Gasteiger partial charge in [-0.25, -0.2) is 9.78 Å². The summed E-state index contributed by atoms with van der Waals surface area (Å²) in [6.07, 6.45) is 1.53. The van der Waals surface area contributed by atoms with Crippen LogP contribution >= 0.6 is 11.3 Å². The van der Waals surface area contributed by atoms with E-state index in [1.165, 1.54) is 6.26 Å². The van der Waals surface area contributed by atoms with E-state index in [2.05, 4.69) is 16.5 Å². The smallest absolute Gasteiger partial charge is 0.340 e. The summed E-state index contributed by atoms with van der Waals surface area (Å²) < 4.78 is 12.9. The minimum atomic E-state index is -0.335. The fraction of sp³-hybridized carbons (Fsp3) is 0.294. The van der Waals surface area contributed by atoms with E-state index in [9.17, 15) is 4.79 Å². The van der Waals surface area contributed by atoms with Crippen molar-refractivity contribution in [1.82, 2.24) is 9.55 Å². The molecule has 0 saturated heterocycles. The molecule has 0 aliphatic rings. The van der Waals surface area contributed by atoms with Crippen LogP contribution in [0.4, 0.5) is 0 Å². The second-order valence-electron chi connectivity index (χ2n) is 5.23. The first kappa shape index (κ1) is 15.6. The fourth-order valence-electron chi connectivity index (χ4n) is 2.60. The molecule has 0 bridgehead atoms. The average molecular weight is 330 g/mol. The zero-order chi connectivity index (χ0) is 16.4. The summed E-state index contributed by atoms with van der Waals surface area (Å²) >= 11 is 1.55. The van der Waals surface area contributed by atoms with Gasteiger partial charge < -0.3 is 13.7 Å². The number of rotatable bonds is 5. The summed E-state index contributed by atoms with van der Waals surface area (Å²) in [5.74, 6) is 0.216. The van der Waals surface area contributed by atoms with E-state index in [1.54, 1.807) is 11.3 Å². The van der Waals surface area contributed by atoms with Crippen LogP contribution in [0, 0.1) is 13.8 Å². The van der Waals surface area contributed by atoms with Crippen molar-refractivity contribution in [2.24, 2.45) is 0 Å². The average Bonchev–Trinajstić information content (AvgIpc) is 3.24. The van der Waals surface area contributed by atoms with Crippen LogP contribution in [-0.4, -0.2) is 15.5 Å². The van der Waals surface area contributed by atoms with Crippen molar-refractivity contribution in [3.8, 4) is 10.8 Å². The van der Waals surface area contributed by atoms with Gasteiger partial charge in [-0.3, -0.25) is 0 Å². The Hall–Kier alpha value is -2.34. The number of hydrogen-bond donors (Lipinski definition) is 0. The van der Waals surface area contributed by atoms with Crippen molar-refractivity contribution in [3.05, 3.63) is 52.5 Å². The molecule has 120 valence electrons. The third-order valence-corrected chi connectivity index (χ3v) is 4.60. The first-order chi connectivity index (χ1) is 11.1. The van der Waals surface area contributed by atoms with Crippen LogP contribution in [-0.2, 0) is 17.9 Å². The lowest BCUT2D eigenvalue weighted by Crippen LogP contribution is -2.07. The van der Waals surface area contributed by atoms with E-state index in [1.807, 2.05) is 37.4 Å². The zero-order valence-electron chi connectivity index (χ0n) is 13.3. The number of thiophene rings is 1. The van der Waals surface area contributed by atoms with Crippen LogP contribution in [0.3, 0.4) is 0 Å². The van der Waals surface area contributed by atoms with Gasteiger partial charge in [0.25, 0.3) is 0 Å². The Labute approximate surface area is 138 Å². The molecule has 0 aliphatic carbocycles. The molecule has 0 unspecified atom stereocenters. The van der Waals surface area contributed by atoms with Gasteiger partial charge in [0.2, 0.25) is 5.89 Å². The molecule has 0 N–H and O–H groups in total. The molecule has 0 radical (unpaired) electrons. The topological polar surface area (TPSA) is 57.3 Å². The minimum absolute atomic E-state index is 0.101. The second-order valence-corrected chi connectivity index (χ2v) is 6.17. The van der Waals surface area contributed by atoms with Crippen molar-refractivity contribution in [1.29, 1.82) is 0 Å². The first-order valence-corrected chi connectivity index (χ1v) is 8.30. The largest absolute Gasteiger partial charge is 0.455 e. The predicted octanol–water partition coefficient (Wildman–Crippen LogP) is 4.20. The number of hydrogen-bond acceptors (Lipinski definition) is 5. The maximum atomic E-state index is 12.3. The number of nitrogens with zero attached hydrogens (tertiary/aromatic N) is 2. The minimum Gasteiger partial charge on any atom is -0.455 e. The summed E-state index contributed by atoms with van der Waals surface area (Å²) in [7, 11) is 0. The Kier molecular flexibility index (Phi) is 4.34. The molecule has 0 saturated carbocycles. The monoisotopic (exact) mass is 330 g/mol. The Morgan fingerprint density at radius 1 is 1.43 bits per heavy atom. The number of esters is 1. The molecular weight excluding hydrogens is 312 g/mol. The molecule has 6 heteroatoms. The number of aromatic nitrogens is 2. The van der Waals surface area contributed by atoms with E-state index in [0.717, 1.165) is 22.8 Å². The van der Waals surface area contributed by atoms with Gasteiger partial charge >= 0.3 is 5.97 Å². The molecule has 0 fully saturated rings. The molecule has 0 spiro atoms. The van der Waals surface area contributed by atoms with E-state index in [-0.39, 0.29) is 12.6 Å². The van der Waals surface area contributed by atoms with Crippen LogP contribution < -0.4 is 0 Å². The van der Waals surface area contributed by atoms with Gasteiger partial charge in [0, 0.05) is 17.9 Å². The van der Waals surface area contributed by atoms with E-state index in [0.29, 0.717) is 17.1 Å². The lowest BCUT2D eigenvalue weighted by atomic mass is 10.2. The van der Waals surface area contributed by atoms with Gasteiger partial charge in [-0.1, -0.05) is 6.07 Å². The van der Waals surface area contributed by atoms with E-state index in [4.69, 9.17) is 9.15 Å². The number of oxazole rings is 1. The van der Waals surface area contributed by atoms with Gasteiger partial charge in [-0.15, -0.1) is 11.3 Å². The molecule has 3 aromatic rings. The van der Waals surface area contributed by atoms with Crippen molar-refractivity contribution in [3.63, 3.8) is 0 Å². The van der Waals surface area contributed by atoms with E-state index >= 15 is 0 Å². The molecule has 5 nitrogen and oxygen atoms in total. The van der Waals surface area contributed by atoms with Crippen LogP contribution in [0.15, 0.2) is 34.3 Å². The highest BCUT2D eigenvalue weighted by molar-refractivity contribution is 7.13. The van der Waals surface area contributed by atoms with Crippen molar-refractivity contribution in [2.45, 2.75) is 33.9 Å². The quantitative estimate of drug-likeness (QED) is 0.658. The van der Waals surface area contributed by atoms with Crippen molar-refractivity contribution >= 4 is 17.3 Å². The molecule has 3 rings (SSSR count). The third-order valence-electron chi connectivity index (χ3n) is 3.74. The van der Waals surface area contributed by atoms with Gasteiger partial charge in [0.05, 0.1) is 10.4 Å². The lowest BCUT2D eigenvalue weighted by Gasteiger charge is -2.06.